The van der Waals surface area contributed by atoms with Gasteiger partial charge in [-0.1, -0.05) is 48.5 Å². The predicted octanol–water partition coefficient (Wildman–Crippen LogP) is 3.80. The van der Waals surface area contributed by atoms with Gasteiger partial charge in [0.2, 0.25) is 0 Å². The topological polar surface area (TPSA) is 34.9 Å². The van der Waals surface area contributed by atoms with Crippen molar-refractivity contribution in [2.75, 3.05) is 0 Å². The number of Topliss-reactive ketones (excluding diaryl/α,β-unsaturated/α-hetero) is 1. The van der Waals surface area contributed by atoms with E-state index in [0.717, 1.165) is 23.2 Å². The van der Waals surface area contributed by atoms with E-state index in [-0.39, 0.29) is 5.78 Å². The molecule has 104 valence electrons. The Morgan fingerprint density at radius 3 is 2.62 bits per heavy atom. The van der Waals surface area contributed by atoms with Gasteiger partial charge in [0.25, 0.3) is 0 Å². The van der Waals surface area contributed by atoms with E-state index in [0.29, 0.717) is 0 Å². The van der Waals surface area contributed by atoms with Crippen LogP contribution < -0.4 is 0 Å². The SMILES string of the molecule is CC(=O)c1cccc(-c2cnn(Cc3ccccc3)c2)c1. The second-order valence-electron chi connectivity index (χ2n) is 5.05. The third-order valence-electron chi connectivity index (χ3n) is 3.42. The van der Waals surface area contributed by atoms with Crippen LogP contribution in [0.25, 0.3) is 11.1 Å². The first-order valence-electron chi connectivity index (χ1n) is 6.90. The number of carbonyl (C=O) groups is 1. The van der Waals surface area contributed by atoms with E-state index in [4.69, 9.17) is 0 Å². The van der Waals surface area contributed by atoms with Crippen LogP contribution in [0.2, 0.25) is 0 Å². The van der Waals surface area contributed by atoms with E-state index in [1.807, 2.05) is 59.5 Å². The maximum Gasteiger partial charge on any atom is 0.159 e. The molecule has 0 radical (unpaired) electrons. The molecule has 0 bridgehead atoms. The molecule has 3 heteroatoms. The van der Waals surface area contributed by atoms with Crippen LogP contribution in [0.3, 0.4) is 0 Å². The van der Waals surface area contributed by atoms with Gasteiger partial charge in [0, 0.05) is 17.3 Å². The van der Waals surface area contributed by atoms with Crippen molar-refractivity contribution in [3.63, 3.8) is 0 Å². The van der Waals surface area contributed by atoms with Gasteiger partial charge < -0.3 is 0 Å². The lowest BCUT2D eigenvalue weighted by Gasteiger charge is -2.02. The van der Waals surface area contributed by atoms with Crippen molar-refractivity contribution in [2.24, 2.45) is 0 Å². The van der Waals surface area contributed by atoms with Crippen molar-refractivity contribution in [3.05, 3.63) is 78.1 Å². The van der Waals surface area contributed by atoms with Crippen molar-refractivity contribution in [1.29, 1.82) is 0 Å². The zero-order valence-electron chi connectivity index (χ0n) is 11.9. The van der Waals surface area contributed by atoms with Crippen molar-refractivity contribution in [3.8, 4) is 11.1 Å². The molecule has 0 saturated heterocycles. The van der Waals surface area contributed by atoms with E-state index >= 15 is 0 Å². The van der Waals surface area contributed by atoms with Crippen LogP contribution in [0.5, 0.6) is 0 Å². The summed E-state index contributed by atoms with van der Waals surface area (Å²) in [6.45, 7) is 2.32. The summed E-state index contributed by atoms with van der Waals surface area (Å²) in [7, 11) is 0. The summed E-state index contributed by atoms with van der Waals surface area (Å²) in [4.78, 5) is 11.5. The van der Waals surface area contributed by atoms with E-state index in [2.05, 4.69) is 17.2 Å². The highest BCUT2D eigenvalue weighted by molar-refractivity contribution is 5.95. The fourth-order valence-electron chi connectivity index (χ4n) is 2.29. The molecule has 0 N–H and O–H groups in total. The fraction of sp³-hybridized carbons (Fsp3) is 0.111. The van der Waals surface area contributed by atoms with E-state index < -0.39 is 0 Å². The summed E-state index contributed by atoms with van der Waals surface area (Å²) in [6.07, 6.45) is 3.84. The number of carbonyl (C=O) groups excluding carboxylic acids is 1. The number of nitrogens with zero attached hydrogens (tertiary/aromatic N) is 2. The number of hydrogen-bond donors (Lipinski definition) is 0. The molecule has 0 aliphatic heterocycles. The van der Waals surface area contributed by atoms with E-state index in [1.165, 1.54) is 5.56 Å². The lowest BCUT2D eigenvalue weighted by atomic mass is 10.0. The van der Waals surface area contributed by atoms with Gasteiger partial charge in [0.05, 0.1) is 12.7 Å². The minimum absolute atomic E-state index is 0.0773. The molecular formula is C18H16N2O. The zero-order valence-corrected chi connectivity index (χ0v) is 11.9. The molecule has 1 aromatic heterocycles. The molecule has 0 aliphatic rings. The van der Waals surface area contributed by atoms with Crippen molar-refractivity contribution >= 4 is 5.78 Å². The molecule has 3 nitrogen and oxygen atoms in total. The summed E-state index contributed by atoms with van der Waals surface area (Å²) in [5.74, 6) is 0.0773. The molecule has 1 heterocycles. The Hall–Kier alpha value is -2.68. The van der Waals surface area contributed by atoms with Gasteiger partial charge >= 0.3 is 0 Å². The summed E-state index contributed by atoms with van der Waals surface area (Å²) < 4.78 is 1.91. The quantitative estimate of drug-likeness (QED) is 0.679. The van der Waals surface area contributed by atoms with Crippen LogP contribution in [0.15, 0.2) is 67.0 Å². The Kier molecular flexibility index (Phi) is 3.65. The summed E-state index contributed by atoms with van der Waals surface area (Å²) in [5.41, 5.74) is 3.98. The van der Waals surface area contributed by atoms with E-state index in [9.17, 15) is 4.79 Å². The highest BCUT2D eigenvalue weighted by atomic mass is 16.1. The summed E-state index contributed by atoms with van der Waals surface area (Å²) in [5, 5.41) is 4.39. The highest BCUT2D eigenvalue weighted by Crippen LogP contribution is 2.20. The van der Waals surface area contributed by atoms with Gasteiger partial charge in [-0.05, 0) is 24.1 Å². The lowest BCUT2D eigenvalue weighted by molar-refractivity contribution is 0.101. The average molecular weight is 276 g/mol. The van der Waals surface area contributed by atoms with Crippen molar-refractivity contribution < 1.29 is 4.79 Å². The fourth-order valence-corrected chi connectivity index (χ4v) is 2.29. The van der Waals surface area contributed by atoms with Crippen molar-refractivity contribution in [1.82, 2.24) is 9.78 Å². The number of hydrogen-bond acceptors (Lipinski definition) is 2. The molecule has 0 amide bonds. The van der Waals surface area contributed by atoms with Crippen LogP contribution >= 0.6 is 0 Å². The largest absolute Gasteiger partial charge is 0.295 e. The number of ketones is 1. The second-order valence-corrected chi connectivity index (χ2v) is 5.05. The highest BCUT2D eigenvalue weighted by Gasteiger charge is 2.05. The minimum atomic E-state index is 0.0773. The second kappa shape index (κ2) is 5.75. The zero-order chi connectivity index (χ0) is 14.7. The van der Waals surface area contributed by atoms with Gasteiger partial charge in [-0.2, -0.15) is 5.10 Å². The first kappa shape index (κ1) is 13.3. The van der Waals surface area contributed by atoms with Crippen LogP contribution in [-0.4, -0.2) is 15.6 Å². The third kappa shape index (κ3) is 3.08. The Labute approximate surface area is 123 Å². The van der Waals surface area contributed by atoms with Gasteiger partial charge in [-0.3, -0.25) is 9.48 Å². The normalized spacial score (nSPS) is 10.5. The Balaban J connectivity index is 1.85. The molecular weight excluding hydrogens is 260 g/mol. The molecule has 0 unspecified atom stereocenters. The molecule has 3 aromatic rings. The molecule has 0 aliphatic carbocycles. The molecule has 0 fully saturated rings. The summed E-state index contributed by atoms with van der Waals surface area (Å²) >= 11 is 0. The Morgan fingerprint density at radius 1 is 1.05 bits per heavy atom. The van der Waals surface area contributed by atoms with Crippen LogP contribution in [0, 0.1) is 0 Å². The molecule has 3 rings (SSSR count). The van der Waals surface area contributed by atoms with E-state index in [1.54, 1.807) is 6.92 Å². The van der Waals surface area contributed by atoms with Gasteiger partial charge in [-0.25, -0.2) is 0 Å². The Morgan fingerprint density at radius 2 is 1.86 bits per heavy atom. The van der Waals surface area contributed by atoms with Crippen LogP contribution in [0.4, 0.5) is 0 Å². The first-order chi connectivity index (χ1) is 10.2. The molecule has 21 heavy (non-hydrogen) atoms. The smallest absolute Gasteiger partial charge is 0.159 e. The number of aromatic nitrogens is 2. The maximum absolute atomic E-state index is 11.5. The predicted molar refractivity (Wildman–Crippen MR) is 83.2 cm³/mol. The Bertz CT molecular complexity index is 760. The standard InChI is InChI=1S/C18H16N2O/c1-14(21)16-8-5-9-17(10-16)18-11-19-20(13-18)12-15-6-3-2-4-7-15/h2-11,13H,12H2,1H3. The molecule has 0 saturated carbocycles. The first-order valence-corrected chi connectivity index (χ1v) is 6.90. The average Bonchev–Trinajstić information content (AvgIpc) is 2.97. The van der Waals surface area contributed by atoms with Crippen LogP contribution in [0.1, 0.15) is 22.8 Å². The minimum Gasteiger partial charge on any atom is -0.295 e. The monoisotopic (exact) mass is 276 g/mol. The number of benzene rings is 2. The summed E-state index contributed by atoms with van der Waals surface area (Å²) in [6, 6.07) is 17.9. The van der Waals surface area contributed by atoms with Crippen LogP contribution in [-0.2, 0) is 6.54 Å². The maximum atomic E-state index is 11.5. The third-order valence-corrected chi connectivity index (χ3v) is 3.42. The number of rotatable bonds is 4. The molecule has 0 atom stereocenters. The lowest BCUT2D eigenvalue weighted by Crippen LogP contribution is -1.99. The van der Waals surface area contributed by atoms with Gasteiger partial charge in [0.15, 0.2) is 5.78 Å². The molecule has 2 aromatic carbocycles. The van der Waals surface area contributed by atoms with Crippen molar-refractivity contribution in [2.45, 2.75) is 13.5 Å². The molecule has 0 spiro atoms. The van der Waals surface area contributed by atoms with Gasteiger partial charge in [-0.15, -0.1) is 0 Å². The van der Waals surface area contributed by atoms with Gasteiger partial charge in [0.1, 0.15) is 0 Å².